The maximum Gasteiger partial charge on any atom is 0.258 e. The molecule has 5 heteroatoms. The van der Waals surface area contributed by atoms with Gasteiger partial charge in [-0.1, -0.05) is 6.07 Å². The van der Waals surface area contributed by atoms with Gasteiger partial charge in [0.25, 0.3) is 5.91 Å². The summed E-state index contributed by atoms with van der Waals surface area (Å²) in [5.41, 5.74) is 0.641. The van der Waals surface area contributed by atoms with E-state index in [0.717, 1.165) is 25.9 Å². The quantitative estimate of drug-likeness (QED) is 0.839. The third-order valence-corrected chi connectivity index (χ3v) is 5.21. The molecule has 0 aromatic heterocycles. The Bertz CT molecular complexity index is 589. The van der Waals surface area contributed by atoms with E-state index in [1.807, 2.05) is 18.2 Å². The zero-order valence-electron chi connectivity index (χ0n) is 13.0. The first-order chi connectivity index (χ1) is 10.8. The molecule has 4 rings (SSSR count). The van der Waals surface area contributed by atoms with Crippen molar-refractivity contribution in [1.82, 2.24) is 9.80 Å². The maximum absolute atomic E-state index is 13.1. The number of carbonyl (C=O) groups is 1. The molecule has 0 aliphatic carbocycles. The minimum absolute atomic E-state index is 0.0881. The summed E-state index contributed by atoms with van der Waals surface area (Å²) in [6, 6.07) is 6.40. The van der Waals surface area contributed by atoms with E-state index in [0.29, 0.717) is 29.1 Å². The molecule has 3 heterocycles. The van der Waals surface area contributed by atoms with Gasteiger partial charge in [0.05, 0.1) is 5.56 Å². The number of hydrogen-bond acceptors (Lipinski definition) is 4. The van der Waals surface area contributed by atoms with Gasteiger partial charge in [-0.15, -0.1) is 0 Å². The number of benzene rings is 1. The Morgan fingerprint density at radius 2 is 1.95 bits per heavy atom. The second-order valence-electron chi connectivity index (χ2n) is 6.44. The molecular weight excluding hydrogens is 280 g/mol. The highest BCUT2D eigenvalue weighted by atomic mass is 16.7. The summed E-state index contributed by atoms with van der Waals surface area (Å²) in [5.74, 6) is 1.38. The van der Waals surface area contributed by atoms with Gasteiger partial charge in [0, 0.05) is 18.6 Å². The van der Waals surface area contributed by atoms with Crippen LogP contribution in [0.15, 0.2) is 18.2 Å². The summed E-state index contributed by atoms with van der Waals surface area (Å²) in [7, 11) is 2.18. The average Bonchev–Trinajstić information content (AvgIpc) is 3.25. The summed E-state index contributed by atoms with van der Waals surface area (Å²) in [6.45, 7) is 2.19. The Hall–Kier alpha value is -1.75. The van der Waals surface area contributed by atoms with Crippen LogP contribution in [0, 0.1) is 0 Å². The standard InChI is InChI=1S/C17H22N2O3/c1-18-9-3-6-13(18)14-7-4-10-19(14)17(20)12-5-2-8-15-16(12)22-11-21-15/h2,5,8,13-14H,3-4,6-7,9-11H2,1H3. The van der Waals surface area contributed by atoms with E-state index in [1.54, 1.807) is 0 Å². The van der Waals surface area contributed by atoms with Crippen LogP contribution in [-0.2, 0) is 0 Å². The molecule has 3 aliphatic rings. The third kappa shape index (κ3) is 2.15. The van der Waals surface area contributed by atoms with Crippen molar-refractivity contribution in [2.24, 2.45) is 0 Å². The Balaban J connectivity index is 1.61. The first-order valence-corrected chi connectivity index (χ1v) is 8.15. The van der Waals surface area contributed by atoms with Crippen LogP contribution in [-0.4, -0.2) is 54.7 Å². The van der Waals surface area contributed by atoms with Crippen LogP contribution in [0.4, 0.5) is 0 Å². The minimum Gasteiger partial charge on any atom is -0.454 e. The Labute approximate surface area is 130 Å². The molecular formula is C17H22N2O3. The van der Waals surface area contributed by atoms with Crippen LogP contribution >= 0.6 is 0 Å². The van der Waals surface area contributed by atoms with Crippen LogP contribution in [0.3, 0.4) is 0 Å². The van der Waals surface area contributed by atoms with Crippen molar-refractivity contribution in [3.63, 3.8) is 0 Å². The number of amides is 1. The van der Waals surface area contributed by atoms with Gasteiger partial charge in [0.1, 0.15) is 0 Å². The van der Waals surface area contributed by atoms with E-state index in [9.17, 15) is 4.79 Å². The first-order valence-electron chi connectivity index (χ1n) is 8.15. The van der Waals surface area contributed by atoms with Gasteiger partial charge in [-0.2, -0.15) is 0 Å². The Morgan fingerprint density at radius 3 is 2.77 bits per heavy atom. The molecule has 2 atom stereocenters. The summed E-state index contributed by atoms with van der Waals surface area (Å²) in [4.78, 5) is 17.5. The van der Waals surface area contributed by atoms with Crippen LogP contribution in [0.1, 0.15) is 36.0 Å². The molecule has 2 unspecified atom stereocenters. The van der Waals surface area contributed by atoms with Crippen LogP contribution in [0.25, 0.3) is 0 Å². The van der Waals surface area contributed by atoms with E-state index in [2.05, 4.69) is 16.8 Å². The molecule has 0 bridgehead atoms. The molecule has 2 fully saturated rings. The van der Waals surface area contributed by atoms with Crippen molar-refractivity contribution < 1.29 is 14.3 Å². The van der Waals surface area contributed by atoms with Crippen molar-refractivity contribution in [2.45, 2.75) is 37.8 Å². The summed E-state index contributed by atoms with van der Waals surface area (Å²) < 4.78 is 10.9. The summed E-state index contributed by atoms with van der Waals surface area (Å²) in [5, 5.41) is 0. The molecule has 1 amide bonds. The number of likely N-dealkylation sites (tertiary alicyclic amines) is 2. The van der Waals surface area contributed by atoms with Crippen molar-refractivity contribution >= 4 is 5.91 Å². The fourth-order valence-corrected chi connectivity index (χ4v) is 4.12. The van der Waals surface area contributed by atoms with E-state index in [1.165, 1.54) is 12.8 Å². The van der Waals surface area contributed by atoms with Crippen LogP contribution in [0.2, 0.25) is 0 Å². The van der Waals surface area contributed by atoms with Gasteiger partial charge < -0.3 is 19.3 Å². The van der Waals surface area contributed by atoms with Gasteiger partial charge in [-0.25, -0.2) is 0 Å². The number of para-hydroxylation sites is 1. The molecule has 0 radical (unpaired) electrons. The third-order valence-electron chi connectivity index (χ3n) is 5.21. The lowest BCUT2D eigenvalue weighted by Crippen LogP contribution is -2.47. The zero-order valence-corrected chi connectivity index (χ0v) is 13.0. The molecule has 0 N–H and O–H groups in total. The molecule has 22 heavy (non-hydrogen) atoms. The average molecular weight is 302 g/mol. The highest BCUT2D eigenvalue weighted by Crippen LogP contribution is 2.38. The smallest absolute Gasteiger partial charge is 0.258 e. The van der Waals surface area contributed by atoms with Gasteiger partial charge in [0.2, 0.25) is 6.79 Å². The number of likely N-dealkylation sites (N-methyl/N-ethyl adjacent to an activating group) is 1. The fraction of sp³-hybridized carbons (Fsp3) is 0.588. The maximum atomic E-state index is 13.1. The minimum atomic E-state index is 0.0881. The van der Waals surface area contributed by atoms with Crippen molar-refractivity contribution in [3.8, 4) is 11.5 Å². The van der Waals surface area contributed by atoms with Crippen molar-refractivity contribution in [3.05, 3.63) is 23.8 Å². The molecule has 5 nitrogen and oxygen atoms in total. The number of hydrogen-bond donors (Lipinski definition) is 0. The highest BCUT2D eigenvalue weighted by molar-refractivity contribution is 5.98. The normalized spacial score (nSPS) is 27.6. The Kier molecular flexibility index (Phi) is 3.45. The van der Waals surface area contributed by atoms with Gasteiger partial charge in [0.15, 0.2) is 11.5 Å². The highest BCUT2D eigenvalue weighted by Gasteiger charge is 2.39. The van der Waals surface area contributed by atoms with Crippen LogP contribution in [0.5, 0.6) is 11.5 Å². The molecule has 0 saturated carbocycles. The fourth-order valence-electron chi connectivity index (χ4n) is 4.12. The lowest BCUT2D eigenvalue weighted by Gasteiger charge is -2.33. The number of nitrogens with zero attached hydrogens (tertiary/aromatic N) is 2. The topological polar surface area (TPSA) is 42.0 Å². The second-order valence-corrected chi connectivity index (χ2v) is 6.44. The molecule has 0 spiro atoms. The SMILES string of the molecule is CN1CCCC1C1CCCN1C(=O)c1cccc2c1OCO2. The predicted octanol–water partition coefficient (Wildman–Crippen LogP) is 2.11. The van der Waals surface area contributed by atoms with Crippen molar-refractivity contribution in [2.75, 3.05) is 26.9 Å². The lowest BCUT2D eigenvalue weighted by molar-refractivity contribution is 0.0660. The van der Waals surface area contributed by atoms with E-state index in [-0.39, 0.29) is 12.7 Å². The summed E-state index contributed by atoms with van der Waals surface area (Å²) in [6.07, 6.45) is 4.62. The first kappa shape index (κ1) is 13.9. The number of rotatable bonds is 2. The number of fused-ring (bicyclic) bond motifs is 1. The number of carbonyl (C=O) groups excluding carboxylic acids is 1. The number of ether oxygens (including phenoxy) is 2. The Morgan fingerprint density at radius 1 is 1.14 bits per heavy atom. The molecule has 2 saturated heterocycles. The largest absolute Gasteiger partial charge is 0.454 e. The second kappa shape index (κ2) is 5.47. The zero-order chi connectivity index (χ0) is 15.1. The van der Waals surface area contributed by atoms with Gasteiger partial charge in [-0.05, 0) is 51.4 Å². The lowest BCUT2D eigenvalue weighted by atomic mass is 10.0. The van der Waals surface area contributed by atoms with E-state index < -0.39 is 0 Å². The molecule has 1 aromatic carbocycles. The monoisotopic (exact) mass is 302 g/mol. The van der Waals surface area contributed by atoms with Gasteiger partial charge in [-0.3, -0.25) is 4.79 Å². The van der Waals surface area contributed by atoms with E-state index in [4.69, 9.17) is 9.47 Å². The van der Waals surface area contributed by atoms with E-state index >= 15 is 0 Å². The van der Waals surface area contributed by atoms with Crippen LogP contribution < -0.4 is 9.47 Å². The predicted molar refractivity (Wildman–Crippen MR) is 82.3 cm³/mol. The van der Waals surface area contributed by atoms with Gasteiger partial charge >= 0.3 is 0 Å². The van der Waals surface area contributed by atoms with Crippen molar-refractivity contribution in [1.29, 1.82) is 0 Å². The molecule has 3 aliphatic heterocycles. The summed E-state index contributed by atoms with van der Waals surface area (Å²) >= 11 is 0. The molecule has 1 aromatic rings. The molecule has 118 valence electrons.